The zero-order valence-corrected chi connectivity index (χ0v) is 18.5. The number of hydrogen-bond acceptors (Lipinski definition) is 7. The largest absolute Gasteiger partial charge is 0.490 e. The zero-order valence-electron chi connectivity index (χ0n) is 16.9. The Balaban J connectivity index is 1.86. The molecule has 1 amide bonds. The Kier molecular flexibility index (Phi) is 6.98. The second-order valence-corrected chi connectivity index (χ2v) is 8.19. The summed E-state index contributed by atoms with van der Waals surface area (Å²) in [7, 11) is 3.93. The molecule has 0 aliphatic carbocycles. The van der Waals surface area contributed by atoms with Gasteiger partial charge in [0.15, 0.2) is 22.4 Å². The first-order chi connectivity index (χ1) is 14.4. The maximum atomic E-state index is 13.0. The van der Waals surface area contributed by atoms with Gasteiger partial charge in [-0.1, -0.05) is 30.0 Å². The standard InChI is InChI=1S/C22H21N3O3S2/c1-4-27-19-13-15(5-10-18(19)28-12-11-23)14-20-21(26)25(22(29)30-20)17-8-6-16(7-9-17)24(2)3/h5-10,13-14H,4,12H2,1-3H3/b20-14+. The van der Waals surface area contributed by atoms with Gasteiger partial charge in [-0.3, -0.25) is 9.69 Å². The molecular formula is C22H21N3O3S2. The van der Waals surface area contributed by atoms with Crippen molar-refractivity contribution in [3.63, 3.8) is 0 Å². The van der Waals surface area contributed by atoms with E-state index in [-0.39, 0.29) is 12.5 Å². The van der Waals surface area contributed by atoms with Crippen LogP contribution >= 0.6 is 24.0 Å². The van der Waals surface area contributed by atoms with Crippen LogP contribution in [0.3, 0.4) is 0 Å². The summed E-state index contributed by atoms with van der Waals surface area (Å²) < 4.78 is 11.5. The summed E-state index contributed by atoms with van der Waals surface area (Å²) in [5.74, 6) is 0.853. The van der Waals surface area contributed by atoms with E-state index in [9.17, 15) is 4.79 Å². The molecule has 8 heteroatoms. The van der Waals surface area contributed by atoms with E-state index in [0.29, 0.717) is 27.3 Å². The zero-order chi connectivity index (χ0) is 21.7. The number of nitriles is 1. The van der Waals surface area contributed by atoms with Crippen molar-refractivity contribution >= 4 is 51.7 Å². The Morgan fingerprint density at radius 1 is 1.17 bits per heavy atom. The summed E-state index contributed by atoms with van der Waals surface area (Å²) in [5.41, 5.74) is 2.56. The Labute approximate surface area is 185 Å². The first-order valence-electron chi connectivity index (χ1n) is 9.26. The number of rotatable bonds is 7. The number of hydrogen-bond donors (Lipinski definition) is 0. The van der Waals surface area contributed by atoms with Gasteiger partial charge in [0.1, 0.15) is 6.07 Å². The Morgan fingerprint density at radius 3 is 2.53 bits per heavy atom. The molecule has 30 heavy (non-hydrogen) atoms. The first-order valence-corrected chi connectivity index (χ1v) is 10.5. The third-order valence-electron chi connectivity index (χ3n) is 4.28. The topological polar surface area (TPSA) is 65.8 Å². The smallest absolute Gasteiger partial charge is 0.270 e. The van der Waals surface area contributed by atoms with Crippen LogP contribution in [-0.2, 0) is 4.79 Å². The number of thiocarbonyl (C=S) groups is 1. The molecule has 0 N–H and O–H groups in total. The molecule has 1 aliphatic rings. The van der Waals surface area contributed by atoms with Crippen molar-refractivity contribution in [3.05, 3.63) is 52.9 Å². The van der Waals surface area contributed by atoms with E-state index in [0.717, 1.165) is 16.9 Å². The summed E-state index contributed by atoms with van der Waals surface area (Å²) in [6, 6.07) is 14.9. The summed E-state index contributed by atoms with van der Waals surface area (Å²) in [6.07, 6.45) is 1.78. The Morgan fingerprint density at radius 2 is 1.90 bits per heavy atom. The second kappa shape index (κ2) is 9.65. The molecule has 0 radical (unpaired) electrons. The average Bonchev–Trinajstić information content (AvgIpc) is 3.00. The molecule has 1 saturated heterocycles. The van der Waals surface area contributed by atoms with E-state index in [1.807, 2.05) is 62.3 Å². The number of anilines is 2. The van der Waals surface area contributed by atoms with Crippen molar-refractivity contribution in [1.29, 1.82) is 5.26 Å². The minimum atomic E-state index is -0.162. The predicted molar refractivity (Wildman–Crippen MR) is 125 cm³/mol. The number of benzene rings is 2. The molecule has 1 heterocycles. The van der Waals surface area contributed by atoms with Crippen molar-refractivity contribution in [2.24, 2.45) is 0 Å². The SMILES string of the molecule is CCOc1cc(/C=C2/SC(=S)N(c3ccc(N(C)C)cc3)C2=O)ccc1OCC#N. The maximum Gasteiger partial charge on any atom is 0.270 e. The van der Waals surface area contributed by atoms with Gasteiger partial charge in [-0.2, -0.15) is 5.26 Å². The van der Waals surface area contributed by atoms with Crippen LogP contribution in [0, 0.1) is 11.3 Å². The third-order valence-corrected chi connectivity index (χ3v) is 5.58. The first kappa shape index (κ1) is 21.7. The molecule has 2 aromatic carbocycles. The van der Waals surface area contributed by atoms with Crippen molar-refractivity contribution in [2.45, 2.75) is 6.92 Å². The van der Waals surface area contributed by atoms with Gasteiger partial charge in [0, 0.05) is 19.8 Å². The number of nitrogens with zero attached hydrogens (tertiary/aromatic N) is 3. The number of amides is 1. The fraction of sp³-hybridized carbons (Fsp3) is 0.227. The number of ether oxygens (including phenoxy) is 2. The number of carbonyl (C=O) groups is 1. The van der Waals surface area contributed by atoms with Gasteiger partial charge in [0.2, 0.25) is 0 Å². The molecule has 0 saturated carbocycles. The quantitative estimate of drug-likeness (QED) is 0.466. The molecule has 6 nitrogen and oxygen atoms in total. The highest BCUT2D eigenvalue weighted by atomic mass is 32.2. The Hall–Kier alpha value is -3.02. The van der Waals surface area contributed by atoms with Crippen molar-refractivity contribution in [3.8, 4) is 17.6 Å². The van der Waals surface area contributed by atoms with E-state index in [2.05, 4.69) is 0 Å². The van der Waals surface area contributed by atoms with Crippen LogP contribution in [0.1, 0.15) is 12.5 Å². The molecule has 2 aromatic rings. The van der Waals surface area contributed by atoms with Crippen LogP contribution in [-0.4, -0.2) is 37.5 Å². The van der Waals surface area contributed by atoms with E-state index < -0.39 is 0 Å². The molecule has 154 valence electrons. The van der Waals surface area contributed by atoms with Crippen molar-refractivity contribution in [2.75, 3.05) is 37.1 Å². The lowest BCUT2D eigenvalue weighted by Crippen LogP contribution is -2.27. The van der Waals surface area contributed by atoms with Gasteiger partial charge in [0.25, 0.3) is 5.91 Å². The van der Waals surface area contributed by atoms with Crippen LogP contribution in [0.25, 0.3) is 6.08 Å². The average molecular weight is 440 g/mol. The highest BCUT2D eigenvalue weighted by molar-refractivity contribution is 8.27. The molecule has 0 unspecified atom stereocenters. The van der Waals surface area contributed by atoms with E-state index in [1.165, 1.54) is 11.8 Å². The summed E-state index contributed by atoms with van der Waals surface area (Å²) in [6.45, 7) is 2.26. The lowest BCUT2D eigenvalue weighted by atomic mass is 10.1. The summed E-state index contributed by atoms with van der Waals surface area (Å²) >= 11 is 6.72. The van der Waals surface area contributed by atoms with Gasteiger partial charge in [-0.15, -0.1) is 0 Å². The van der Waals surface area contributed by atoms with E-state index >= 15 is 0 Å². The third kappa shape index (κ3) is 4.75. The second-order valence-electron chi connectivity index (χ2n) is 6.51. The Bertz CT molecular complexity index is 1030. The summed E-state index contributed by atoms with van der Waals surface area (Å²) in [5, 5.41) is 8.72. The highest BCUT2D eigenvalue weighted by Crippen LogP contribution is 2.37. The lowest BCUT2D eigenvalue weighted by molar-refractivity contribution is -0.113. The van der Waals surface area contributed by atoms with Crippen molar-refractivity contribution in [1.82, 2.24) is 0 Å². The molecule has 1 aliphatic heterocycles. The number of thioether (sulfide) groups is 1. The minimum Gasteiger partial charge on any atom is -0.490 e. The van der Waals surface area contributed by atoms with Crippen LogP contribution in [0.2, 0.25) is 0 Å². The van der Waals surface area contributed by atoms with Gasteiger partial charge >= 0.3 is 0 Å². The lowest BCUT2D eigenvalue weighted by Gasteiger charge is -2.17. The molecule has 1 fully saturated rings. The normalized spacial score (nSPS) is 14.7. The molecule has 3 rings (SSSR count). The van der Waals surface area contributed by atoms with Gasteiger partial charge in [-0.25, -0.2) is 0 Å². The van der Waals surface area contributed by atoms with Crippen LogP contribution in [0.15, 0.2) is 47.4 Å². The highest BCUT2D eigenvalue weighted by Gasteiger charge is 2.33. The van der Waals surface area contributed by atoms with Crippen LogP contribution < -0.4 is 19.3 Å². The molecule has 0 spiro atoms. The number of carbonyl (C=O) groups excluding carboxylic acids is 1. The molecule has 0 bridgehead atoms. The summed E-state index contributed by atoms with van der Waals surface area (Å²) in [4.78, 5) is 17.1. The van der Waals surface area contributed by atoms with E-state index in [1.54, 1.807) is 23.1 Å². The molecule has 0 atom stereocenters. The van der Waals surface area contributed by atoms with Crippen LogP contribution in [0.4, 0.5) is 11.4 Å². The van der Waals surface area contributed by atoms with Gasteiger partial charge < -0.3 is 14.4 Å². The maximum absolute atomic E-state index is 13.0. The van der Waals surface area contributed by atoms with Gasteiger partial charge in [0.05, 0.1) is 17.2 Å². The van der Waals surface area contributed by atoms with E-state index in [4.69, 9.17) is 27.0 Å². The fourth-order valence-electron chi connectivity index (χ4n) is 2.85. The minimum absolute atomic E-state index is 0.0648. The van der Waals surface area contributed by atoms with Crippen molar-refractivity contribution < 1.29 is 14.3 Å². The molecular weight excluding hydrogens is 418 g/mol. The monoisotopic (exact) mass is 439 g/mol. The predicted octanol–water partition coefficient (Wildman–Crippen LogP) is 4.46. The van der Waals surface area contributed by atoms with Gasteiger partial charge in [-0.05, 0) is 55.0 Å². The van der Waals surface area contributed by atoms with Crippen LogP contribution in [0.5, 0.6) is 11.5 Å². The molecule has 0 aromatic heterocycles. The fourth-order valence-corrected chi connectivity index (χ4v) is 4.15.